The van der Waals surface area contributed by atoms with Crippen molar-refractivity contribution in [1.82, 2.24) is 5.32 Å². The molecule has 1 aromatic rings. The first-order valence-electron chi connectivity index (χ1n) is 5.48. The number of rotatable bonds is 5. The zero-order valence-electron chi connectivity index (χ0n) is 10.1. The molecular weight excluding hydrogens is 283 g/mol. The third-order valence-electron chi connectivity index (χ3n) is 2.25. The van der Waals surface area contributed by atoms with Crippen LogP contribution in [0.25, 0.3) is 0 Å². The van der Waals surface area contributed by atoms with Crippen molar-refractivity contribution in [3.63, 3.8) is 0 Å². The molecule has 106 valence electrons. The number of ether oxygens (including phenoxy) is 1. The number of nitrogens with one attached hydrogen (secondary N) is 1. The maximum absolute atomic E-state index is 11.8. The maximum atomic E-state index is 11.8. The molecule has 1 aromatic carbocycles. The van der Waals surface area contributed by atoms with Gasteiger partial charge in [-0.3, -0.25) is 4.79 Å². The molecule has 0 fully saturated rings. The average molecular weight is 296 g/mol. The lowest BCUT2D eigenvalue weighted by atomic mass is 10.1. The van der Waals surface area contributed by atoms with Crippen molar-refractivity contribution in [3.05, 3.63) is 34.9 Å². The number of halogens is 4. The van der Waals surface area contributed by atoms with Crippen molar-refractivity contribution < 1.29 is 22.7 Å². The third kappa shape index (κ3) is 5.94. The van der Waals surface area contributed by atoms with E-state index in [2.05, 4.69) is 10.1 Å². The van der Waals surface area contributed by atoms with Crippen molar-refractivity contribution in [2.45, 2.75) is 19.1 Å². The summed E-state index contributed by atoms with van der Waals surface area (Å²) in [4.78, 5) is 11.4. The van der Waals surface area contributed by atoms with Gasteiger partial charge in [0.15, 0.2) is 0 Å². The summed E-state index contributed by atoms with van der Waals surface area (Å²) in [6, 6.07) is 6.48. The predicted molar refractivity (Wildman–Crippen MR) is 64.9 cm³/mol. The second kappa shape index (κ2) is 6.77. The summed E-state index contributed by atoms with van der Waals surface area (Å²) in [5, 5.41) is 2.99. The number of hydrogen-bond acceptors (Lipinski definition) is 2. The van der Waals surface area contributed by atoms with Gasteiger partial charge in [-0.05, 0) is 18.6 Å². The molecule has 1 atom stereocenters. The minimum atomic E-state index is -4.44. The van der Waals surface area contributed by atoms with E-state index in [0.717, 1.165) is 0 Å². The van der Waals surface area contributed by atoms with Crippen molar-refractivity contribution in [1.29, 1.82) is 0 Å². The van der Waals surface area contributed by atoms with Crippen LogP contribution >= 0.6 is 11.6 Å². The van der Waals surface area contributed by atoms with E-state index in [1.54, 1.807) is 31.2 Å². The molecule has 0 aliphatic carbocycles. The Kier molecular flexibility index (Phi) is 5.62. The lowest BCUT2D eigenvalue weighted by Gasteiger charge is -2.16. The van der Waals surface area contributed by atoms with Gasteiger partial charge in [0.1, 0.15) is 13.2 Å². The van der Waals surface area contributed by atoms with Crippen LogP contribution in [0.15, 0.2) is 24.3 Å². The Labute approximate surface area is 113 Å². The van der Waals surface area contributed by atoms with E-state index in [1.807, 2.05) is 0 Å². The maximum Gasteiger partial charge on any atom is 0.411 e. The summed E-state index contributed by atoms with van der Waals surface area (Å²) in [5.41, 5.74) is 0.688. The van der Waals surface area contributed by atoms with Gasteiger partial charge in [0.05, 0.1) is 6.04 Å². The molecule has 0 spiro atoms. The molecule has 0 saturated carbocycles. The fourth-order valence-electron chi connectivity index (χ4n) is 1.45. The summed E-state index contributed by atoms with van der Waals surface area (Å²) in [5.74, 6) is -0.628. The number of amides is 1. The average Bonchev–Trinajstić information content (AvgIpc) is 2.27. The van der Waals surface area contributed by atoms with Gasteiger partial charge in [0.25, 0.3) is 0 Å². The van der Waals surface area contributed by atoms with E-state index in [0.29, 0.717) is 10.6 Å². The Morgan fingerprint density at radius 3 is 2.63 bits per heavy atom. The molecule has 0 saturated heterocycles. The highest BCUT2D eigenvalue weighted by Gasteiger charge is 2.27. The van der Waals surface area contributed by atoms with Crippen molar-refractivity contribution in [2.24, 2.45) is 0 Å². The molecule has 0 aliphatic heterocycles. The Morgan fingerprint density at radius 1 is 1.42 bits per heavy atom. The van der Waals surface area contributed by atoms with E-state index in [4.69, 9.17) is 11.6 Å². The molecule has 0 bridgehead atoms. The van der Waals surface area contributed by atoms with Crippen LogP contribution in [0.3, 0.4) is 0 Å². The van der Waals surface area contributed by atoms with Crippen LogP contribution in [0.5, 0.6) is 0 Å². The second-order valence-corrected chi connectivity index (χ2v) is 4.33. The van der Waals surface area contributed by atoms with Gasteiger partial charge in [0.2, 0.25) is 5.91 Å². The summed E-state index contributed by atoms with van der Waals surface area (Å²) in [6.45, 7) is -0.405. The van der Waals surface area contributed by atoms with E-state index in [9.17, 15) is 18.0 Å². The predicted octanol–water partition coefficient (Wildman–Crippen LogP) is 3.10. The molecule has 1 rings (SSSR count). The quantitative estimate of drug-likeness (QED) is 0.906. The van der Waals surface area contributed by atoms with Gasteiger partial charge in [-0.2, -0.15) is 13.2 Å². The first-order valence-corrected chi connectivity index (χ1v) is 5.85. The van der Waals surface area contributed by atoms with Gasteiger partial charge >= 0.3 is 6.18 Å². The zero-order valence-corrected chi connectivity index (χ0v) is 10.9. The molecule has 3 nitrogen and oxygen atoms in total. The van der Waals surface area contributed by atoms with Crippen molar-refractivity contribution in [3.8, 4) is 0 Å². The molecule has 19 heavy (non-hydrogen) atoms. The Hall–Kier alpha value is -1.27. The summed E-state index contributed by atoms with van der Waals surface area (Å²) >= 11 is 5.94. The number of benzene rings is 1. The highest BCUT2D eigenvalue weighted by molar-refractivity contribution is 6.31. The van der Waals surface area contributed by atoms with Gasteiger partial charge in [-0.25, -0.2) is 0 Å². The molecular formula is C12H13ClF3NO2. The molecule has 1 N–H and O–H groups in total. The minimum absolute atomic E-state index is 0.407. The molecule has 1 amide bonds. The molecule has 0 heterocycles. The minimum Gasteiger partial charge on any atom is -0.362 e. The first-order chi connectivity index (χ1) is 8.79. The van der Waals surface area contributed by atoms with Crippen LogP contribution in [-0.2, 0) is 9.53 Å². The fraction of sp³-hybridized carbons (Fsp3) is 0.417. The number of carbonyl (C=O) groups is 1. The van der Waals surface area contributed by atoms with Gasteiger partial charge < -0.3 is 10.1 Å². The topological polar surface area (TPSA) is 38.3 Å². The summed E-state index contributed by atoms with van der Waals surface area (Å²) in [7, 11) is 0. The monoisotopic (exact) mass is 295 g/mol. The van der Waals surface area contributed by atoms with Crippen LogP contribution in [0.2, 0.25) is 5.02 Å². The van der Waals surface area contributed by atoms with Crippen LogP contribution in [0.1, 0.15) is 18.5 Å². The van der Waals surface area contributed by atoms with E-state index < -0.39 is 31.3 Å². The highest BCUT2D eigenvalue weighted by atomic mass is 35.5. The number of carbonyl (C=O) groups excluding carboxylic acids is 1. The van der Waals surface area contributed by atoms with Crippen LogP contribution in [0.4, 0.5) is 13.2 Å². The van der Waals surface area contributed by atoms with Crippen LogP contribution in [-0.4, -0.2) is 25.3 Å². The van der Waals surface area contributed by atoms with E-state index in [-0.39, 0.29) is 0 Å². The van der Waals surface area contributed by atoms with Crippen LogP contribution < -0.4 is 5.32 Å². The molecule has 0 radical (unpaired) electrons. The lowest BCUT2D eigenvalue weighted by Crippen LogP contribution is -2.31. The Balaban J connectivity index is 2.43. The van der Waals surface area contributed by atoms with Gasteiger partial charge in [-0.1, -0.05) is 29.8 Å². The molecule has 0 aromatic heterocycles. The van der Waals surface area contributed by atoms with Crippen molar-refractivity contribution >= 4 is 17.5 Å². The number of hydrogen-bond donors (Lipinski definition) is 1. The standard InChI is InChI=1S/C12H13ClF3NO2/c1-8(9-4-2-3-5-10(9)13)17-11(18)6-19-7-12(14,15)16/h2-5,8H,6-7H2,1H3,(H,17,18). The van der Waals surface area contributed by atoms with E-state index in [1.165, 1.54) is 0 Å². The second-order valence-electron chi connectivity index (χ2n) is 3.92. The fourth-order valence-corrected chi connectivity index (χ4v) is 1.75. The molecule has 1 unspecified atom stereocenters. The van der Waals surface area contributed by atoms with Crippen LogP contribution in [0, 0.1) is 0 Å². The SMILES string of the molecule is CC(NC(=O)COCC(F)(F)F)c1ccccc1Cl. The van der Waals surface area contributed by atoms with E-state index >= 15 is 0 Å². The highest BCUT2D eigenvalue weighted by Crippen LogP contribution is 2.22. The number of alkyl halides is 3. The summed E-state index contributed by atoms with van der Waals surface area (Å²) < 4.78 is 39.7. The Bertz CT molecular complexity index is 437. The van der Waals surface area contributed by atoms with Gasteiger partial charge in [0, 0.05) is 5.02 Å². The Morgan fingerprint density at radius 2 is 2.05 bits per heavy atom. The smallest absolute Gasteiger partial charge is 0.362 e. The van der Waals surface area contributed by atoms with Gasteiger partial charge in [-0.15, -0.1) is 0 Å². The first kappa shape index (κ1) is 15.8. The normalized spacial score (nSPS) is 13.1. The third-order valence-corrected chi connectivity index (χ3v) is 2.59. The zero-order chi connectivity index (χ0) is 14.5. The summed E-state index contributed by atoms with van der Waals surface area (Å²) in [6.07, 6.45) is -4.44. The lowest BCUT2D eigenvalue weighted by molar-refractivity contribution is -0.175. The molecule has 0 aliphatic rings. The largest absolute Gasteiger partial charge is 0.411 e. The molecule has 7 heteroatoms. The van der Waals surface area contributed by atoms with Crippen molar-refractivity contribution in [2.75, 3.05) is 13.2 Å².